The van der Waals surface area contributed by atoms with Crippen molar-refractivity contribution in [2.24, 2.45) is 0 Å². The van der Waals surface area contributed by atoms with Crippen molar-refractivity contribution in [3.63, 3.8) is 0 Å². The second kappa shape index (κ2) is 1.92. The second-order valence-corrected chi connectivity index (χ2v) is 1.44. The molecule has 0 saturated carbocycles. The predicted molar refractivity (Wildman–Crippen MR) is 24.4 cm³/mol. The van der Waals surface area contributed by atoms with E-state index in [0.29, 0.717) is 6.67 Å². The van der Waals surface area contributed by atoms with E-state index in [1.165, 1.54) is 0 Å². The molecule has 0 bridgehead atoms. The van der Waals surface area contributed by atoms with E-state index in [1.807, 2.05) is 6.07 Å². The Kier molecular flexibility index (Phi) is 1.25. The monoisotopic (exact) mass is 96.1 g/mol. The number of nitriles is 1. The van der Waals surface area contributed by atoms with Gasteiger partial charge in [0.15, 0.2) is 0 Å². The average molecular weight is 96.1 g/mol. The minimum Gasteiger partial charge on any atom is -0.301 e. The Hall–Kier alpha value is -0.590. The summed E-state index contributed by atoms with van der Waals surface area (Å²) in [6.07, 6.45) is 0. The average Bonchev–Trinajstić information content (AvgIpc) is 2.14. The van der Waals surface area contributed by atoms with Gasteiger partial charge in [-0.3, -0.25) is 0 Å². The van der Waals surface area contributed by atoms with Crippen LogP contribution in [-0.2, 0) is 0 Å². The van der Waals surface area contributed by atoms with Crippen LogP contribution in [0.4, 0.5) is 0 Å². The van der Waals surface area contributed by atoms with Gasteiger partial charge in [-0.05, 0) is 0 Å². The first-order chi connectivity index (χ1) is 3.43. The Morgan fingerprint density at radius 2 is 2.71 bits per heavy atom. The molecule has 3 nitrogen and oxygen atoms in total. The van der Waals surface area contributed by atoms with Gasteiger partial charge in [0.2, 0.25) is 0 Å². The van der Waals surface area contributed by atoms with Crippen LogP contribution in [0.3, 0.4) is 0 Å². The molecule has 1 N–H and O–H groups in total. The molecule has 3 heteroatoms. The lowest BCUT2D eigenvalue weighted by atomic mass is 10.4. The number of hydrogen-bond acceptors (Lipinski definition) is 2. The third kappa shape index (κ3) is 0.889. The van der Waals surface area contributed by atoms with Crippen LogP contribution in [0, 0.1) is 11.3 Å². The molecular formula is C4H6N3. The number of rotatable bonds is 0. The molecule has 1 aliphatic rings. The van der Waals surface area contributed by atoms with Crippen LogP contribution in [0.5, 0.6) is 0 Å². The Bertz CT molecular complexity index is 87.6. The van der Waals surface area contributed by atoms with E-state index >= 15 is 0 Å². The second-order valence-electron chi connectivity index (χ2n) is 1.44. The maximum absolute atomic E-state index is 8.18. The van der Waals surface area contributed by atoms with Gasteiger partial charge in [0.25, 0.3) is 0 Å². The Morgan fingerprint density at radius 3 is 3.00 bits per heavy atom. The molecule has 1 rings (SSSR count). The zero-order valence-corrected chi connectivity index (χ0v) is 3.89. The fourth-order valence-corrected chi connectivity index (χ4v) is 0.527. The highest BCUT2D eigenvalue weighted by molar-refractivity contribution is 4.93. The van der Waals surface area contributed by atoms with Crippen LogP contribution in [-0.4, -0.2) is 19.3 Å². The molecule has 0 aromatic carbocycles. The Labute approximate surface area is 42.3 Å². The summed E-state index contributed by atoms with van der Waals surface area (Å²) in [5.74, 6) is 0. The SMILES string of the molecule is N#CC1CNC[N]1. The summed E-state index contributed by atoms with van der Waals surface area (Å²) in [7, 11) is 0. The van der Waals surface area contributed by atoms with Gasteiger partial charge in [-0.25, -0.2) is 5.32 Å². The molecule has 0 spiro atoms. The van der Waals surface area contributed by atoms with Gasteiger partial charge in [0.1, 0.15) is 6.04 Å². The summed E-state index contributed by atoms with van der Waals surface area (Å²) >= 11 is 0. The summed E-state index contributed by atoms with van der Waals surface area (Å²) in [5, 5.41) is 15.0. The van der Waals surface area contributed by atoms with Gasteiger partial charge in [0, 0.05) is 6.54 Å². The summed E-state index contributed by atoms with van der Waals surface area (Å²) < 4.78 is 0. The molecule has 1 heterocycles. The zero-order valence-electron chi connectivity index (χ0n) is 3.89. The third-order valence-corrected chi connectivity index (χ3v) is 0.910. The number of hydrogen-bond donors (Lipinski definition) is 1. The van der Waals surface area contributed by atoms with Gasteiger partial charge >= 0.3 is 0 Å². The largest absolute Gasteiger partial charge is 0.301 e. The summed E-state index contributed by atoms with van der Waals surface area (Å²) in [6.45, 7) is 1.38. The lowest BCUT2D eigenvalue weighted by Crippen LogP contribution is -2.13. The van der Waals surface area contributed by atoms with Gasteiger partial charge in [-0.2, -0.15) is 5.26 Å². The third-order valence-electron chi connectivity index (χ3n) is 0.910. The van der Waals surface area contributed by atoms with Crippen molar-refractivity contribution >= 4 is 0 Å². The van der Waals surface area contributed by atoms with Crippen LogP contribution < -0.4 is 10.6 Å². The number of nitrogens with zero attached hydrogens (tertiary/aromatic N) is 2. The topological polar surface area (TPSA) is 49.9 Å². The first-order valence-electron chi connectivity index (χ1n) is 2.20. The van der Waals surface area contributed by atoms with E-state index in [9.17, 15) is 0 Å². The smallest absolute Gasteiger partial charge is 0.125 e. The highest BCUT2D eigenvalue weighted by atomic mass is 15.2. The van der Waals surface area contributed by atoms with Crippen LogP contribution in [0.2, 0.25) is 0 Å². The molecule has 1 aliphatic heterocycles. The maximum atomic E-state index is 8.18. The predicted octanol–water partition coefficient (Wildman–Crippen LogP) is -0.956. The van der Waals surface area contributed by atoms with E-state index in [1.54, 1.807) is 0 Å². The molecule has 0 aliphatic carbocycles. The minimum atomic E-state index is -0.0833. The molecule has 1 saturated heterocycles. The first-order valence-corrected chi connectivity index (χ1v) is 2.20. The van der Waals surface area contributed by atoms with Crippen LogP contribution in [0.1, 0.15) is 0 Å². The molecule has 0 aromatic heterocycles. The van der Waals surface area contributed by atoms with E-state index in [2.05, 4.69) is 10.6 Å². The lowest BCUT2D eigenvalue weighted by molar-refractivity contribution is 0.742. The van der Waals surface area contributed by atoms with Crippen molar-refractivity contribution in [1.82, 2.24) is 10.6 Å². The first kappa shape index (κ1) is 4.57. The molecule has 1 atom stereocenters. The van der Waals surface area contributed by atoms with E-state index in [4.69, 9.17) is 5.26 Å². The maximum Gasteiger partial charge on any atom is 0.125 e. The Balaban J connectivity index is 2.31. The number of nitrogens with one attached hydrogen (secondary N) is 1. The molecule has 1 radical (unpaired) electrons. The molecule has 37 valence electrons. The summed E-state index contributed by atoms with van der Waals surface area (Å²) in [6, 6.07) is 1.95. The summed E-state index contributed by atoms with van der Waals surface area (Å²) in [4.78, 5) is 0. The quantitative estimate of drug-likeness (QED) is 0.422. The highest BCUT2D eigenvalue weighted by Crippen LogP contribution is 1.84. The fourth-order valence-electron chi connectivity index (χ4n) is 0.527. The van der Waals surface area contributed by atoms with Crippen molar-refractivity contribution in [1.29, 1.82) is 5.26 Å². The van der Waals surface area contributed by atoms with Gasteiger partial charge in [-0.1, -0.05) is 0 Å². The van der Waals surface area contributed by atoms with Crippen LogP contribution in [0.15, 0.2) is 0 Å². The fraction of sp³-hybridized carbons (Fsp3) is 0.750. The van der Waals surface area contributed by atoms with Crippen molar-refractivity contribution < 1.29 is 0 Å². The van der Waals surface area contributed by atoms with E-state index in [0.717, 1.165) is 6.54 Å². The van der Waals surface area contributed by atoms with Gasteiger partial charge in [0.05, 0.1) is 12.7 Å². The molecular weight excluding hydrogens is 90.1 g/mol. The van der Waals surface area contributed by atoms with Crippen LogP contribution >= 0.6 is 0 Å². The van der Waals surface area contributed by atoms with Gasteiger partial charge < -0.3 is 5.32 Å². The molecule has 1 fully saturated rings. The molecule has 7 heavy (non-hydrogen) atoms. The normalized spacial score (nSPS) is 29.9. The van der Waals surface area contributed by atoms with Gasteiger partial charge in [-0.15, -0.1) is 0 Å². The Morgan fingerprint density at radius 1 is 1.86 bits per heavy atom. The zero-order chi connectivity index (χ0) is 5.11. The van der Waals surface area contributed by atoms with Crippen LogP contribution in [0.25, 0.3) is 0 Å². The van der Waals surface area contributed by atoms with Crippen molar-refractivity contribution in [2.75, 3.05) is 13.2 Å². The van der Waals surface area contributed by atoms with Crippen molar-refractivity contribution in [3.05, 3.63) is 0 Å². The molecule has 0 aromatic rings. The highest BCUT2D eigenvalue weighted by Gasteiger charge is 2.11. The van der Waals surface area contributed by atoms with E-state index < -0.39 is 0 Å². The van der Waals surface area contributed by atoms with E-state index in [-0.39, 0.29) is 6.04 Å². The van der Waals surface area contributed by atoms with Crippen molar-refractivity contribution in [2.45, 2.75) is 6.04 Å². The van der Waals surface area contributed by atoms with Crippen molar-refractivity contribution in [3.8, 4) is 6.07 Å². The molecule has 0 amide bonds. The molecule has 1 unspecified atom stereocenters. The lowest BCUT2D eigenvalue weighted by Gasteiger charge is -1.87. The standard InChI is InChI=1S/C4H6N3/c5-1-4-2-6-3-7-4/h4,6H,2-3H2. The minimum absolute atomic E-state index is 0.0833. The summed E-state index contributed by atoms with van der Waals surface area (Å²) in [5.41, 5.74) is 0.